The molecule has 0 aliphatic carbocycles. The van der Waals surface area contributed by atoms with Gasteiger partial charge in [0.2, 0.25) is 0 Å². The molecule has 3 nitrogen and oxygen atoms in total. The van der Waals surface area contributed by atoms with Crippen LogP contribution in [0, 0.1) is 5.82 Å². The lowest BCUT2D eigenvalue weighted by Gasteiger charge is -2.31. The molecule has 1 saturated heterocycles. The molecule has 0 radical (unpaired) electrons. The molecule has 0 aromatic heterocycles. The molecular formula is C16H16F4O3. The van der Waals surface area contributed by atoms with E-state index in [9.17, 15) is 22.4 Å². The number of carbonyl (C=O) groups excluding carboxylic acids is 1. The van der Waals surface area contributed by atoms with E-state index in [0.29, 0.717) is 29.9 Å². The summed E-state index contributed by atoms with van der Waals surface area (Å²) in [6.07, 6.45) is -5.98. The minimum absolute atomic E-state index is 0.163. The van der Waals surface area contributed by atoms with E-state index in [4.69, 9.17) is 9.47 Å². The number of hydrogen-bond donors (Lipinski definition) is 0. The summed E-state index contributed by atoms with van der Waals surface area (Å²) in [5.41, 5.74) is -2.56. The number of rotatable bonds is 4. The van der Waals surface area contributed by atoms with Crippen molar-refractivity contribution < 1.29 is 31.8 Å². The summed E-state index contributed by atoms with van der Waals surface area (Å²) < 4.78 is 64.0. The Bertz CT molecular complexity index is 653. The zero-order chi connectivity index (χ0) is 17.0. The number of fused-ring (bicyclic) bond motifs is 1. The molecule has 126 valence electrons. The third-order valence-electron chi connectivity index (χ3n) is 4.53. The van der Waals surface area contributed by atoms with E-state index < -0.39 is 35.5 Å². The van der Waals surface area contributed by atoms with Crippen LogP contribution < -0.4 is 4.74 Å². The number of ether oxygens (including phenoxy) is 2. The first-order chi connectivity index (χ1) is 10.6. The van der Waals surface area contributed by atoms with Crippen LogP contribution in [0.3, 0.4) is 0 Å². The Morgan fingerprint density at radius 2 is 2.04 bits per heavy atom. The Hall–Kier alpha value is -1.63. The number of benzene rings is 1. The van der Waals surface area contributed by atoms with Gasteiger partial charge in [-0.05, 0) is 24.0 Å². The molecule has 7 heteroatoms. The third kappa shape index (κ3) is 2.51. The number of aldehydes is 1. The molecule has 2 atom stereocenters. The zero-order valence-electron chi connectivity index (χ0n) is 12.7. The van der Waals surface area contributed by atoms with Gasteiger partial charge >= 0.3 is 6.18 Å². The maximum atomic E-state index is 13.8. The molecule has 0 unspecified atom stereocenters. The second-order valence-electron chi connectivity index (χ2n) is 6.66. The van der Waals surface area contributed by atoms with Crippen molar-refractivity contribution in [2.75, 3.05) is 6.61 Å². The molecule has 2 aliphatic heterocycles. The van der Waals surface area contributed by atoms with E-state index in [0.717, 1.165) is 0 Å². The van der Waals surface area contributed by atoms with Crippen LogP contribution in [-0.2, 0) is 21.4 Å². The molecule has 1 aromatic rings. The molecule has 1 aromatic carbocycles. The first-order valence-electron chi connectivity index (χ1n) is 7.26. The number of carbonyl (C=O) groups is 1. The summed E-state index contributed by atoms with van der Waals surface area (Å²) in [6.45, 7) is 3.52. The second-order valence-corrected chi connectivity index (χ2v) is 6.66. The number of epoxide rings is 1. The van der Waals surface area contributed by atoms with E-state index in [1.165, 1.54) is 12.1 Å². The van der Waals surface area contributed by atoms with Gasteiger partial charge in [0.25, 0.3) is 0 Å². The lowest BCUT2D eigenvalue weighted by atomic mass is 9.75. The minimum atomic E-state index is -4.67. The van der Waals surface area contributed by atoms with Gasteiger partial charge in [0.05, 0.1) is 6.61 Å². The van der Waals surface area contributed by atoms with Gasteiger partial charge in [-0.3, -0.25) is 0 Å². The van der Waals surface area contributed by atoms with E-state index in [1.807, 2.05) is 0 Å². The molecule has 0 N–H and O–H groups in total. The van der Waals surface area contributed by atoms with Gasteiger partial charge in [-0.1, -0.05) is 13.8 Å². The Labute approximate surface area is 130 Å². The van der Waals surface area contributed by atoms with E-state index >= 15 is 0 Å². The Morgan fingerprint density at radius 3 is 2.61 bits per heavy atom. The Balaban J connectivity index is 1.99. The van der Waals surface area contributed by atoms with Gasteiger partial charge in [0.15, 0.2) is 18.0 Å². The van der Waals surface area contributed by atoms with E-state index in [1.54, 1.807) is 13.8 Å². The van der Waals surface area contributed by atoms with Gasteiger partial charge in [-0.2, -0.15) is 13.2 Å². The van der Waals surface area contributed by atoms with Gasteiger partial charge < -0.3 is 14.3 Å². The van der Waals surface area contributed by atoms with Crippen molar-refractivity contribution in [1.29, 1.82) is 0 Å². The lowest BCUT2D eigenvalue weighted by Crippen LogP contribution is -2.41. The molecule has 2 aliphatic rings. The van der Waals surface area contributed by atoms with Crippen molar-refractivity contribution in [3.05, 3.63) is 29.1 Å². The van der Waals surface area contributed by atoms with Crippen molar-refractivity contribution in [1.82, 2.24) is 0 Å². The lowest BCUT2D eigenvalue weighted by molar-refractivity contribution is -0.189. The highest BCUT2D eigenvalue weighted by Gasteiger charge is 2.74. The highest BCUT2D eigenvalue weighted by Crippen LogP contribution is 2.56. The largest absolute Gasteiger partial charge is 0.493 e. The summed E-state index contributed by atoms with van der Waals surface area (Å²) in [6, 6.07) is 2.54. The van der Waals surface area contributed by atoms with Gasteiger partial charge in [0, 0.05) is 17.5 Å². The monoisotopic (exact) mass is 332 g/mol. The van der Waals surface area contributed by atoms with Crippen LogP contribution in [0.25, 0.3) is 0 Å². The van der Waals surface area contributed by atoms with Gasteiger partial charge in [-0.15, -0.1) is 0 Å². The number of alkyl halides is 3. The molecule has 23 heavy (non-hydrogen) atoms. The van der Waals surface area contributed by atoms with Crippen molar-refractivity contribution in [2.24, 2.45) is 0 Å². The molecule has 1 fully saturated rings. The molecule has 3 rings (SSSR count). The van der Waals surface area contributed by atoms with Crippen molar-refractivity contribution >= 4 is 6.29 Å². The predicted molar refractivity (Wildman–Crippen MR) is 73.0 cm³/mol. The molecule has 0 spiro atoms. The first-order valence-corrected chi connectivity index (χ1v) is 7.26. The smallest absolute Gasteiger partial charge is 0.420 e. The summed E-state index contributed by atoms with van der Waals surface area (Å²) in [4.78, 5) is 10.8. The van der Waals surface area contributed by atoms with Gasteiger partial charge in [0.1, 0.15) is 11.6 Å². The summed E-state index contributed by atoms with van der Waals surface area (Å²) in [5.74, 6) is -0.0703. The van der Waals surface area contributed by atoms with Crippen LogP contribution in [0.5, 0.6) is 5.75 Å². The van der Waals surface area contributed by atoms with Crippen LogP contribution >= 0.6 is 0 Å². The fourth-order valence-corrected chi connectivity index (χ4v) is 3.32. The SMILES string of the molecule is CC(C)(C[C@@]1(C(F)(F)F)O[C@@H]1C=O)c1cc(F)cc2c1OCC2. The zero-order valence-corrected chi connectivity index (χ0v) is 12.7. The summed E-state index contributed by atoms with van der Waals surface area (Å²) in [7, 11) is 0. The Morgan fingerprint density at radius 1 is 1.35 bits per heavy atom. The highest BCUT2D eigenvalue weighted by atomic mass is 19.4. The number of hydrogen-bond acceptors (Lipinski definition) is 3. The van der Waals surface area contributed by atoms with Gasteiger partial charge in [-0.25, -0.2) is 4.39 Å². The standard InChI is InChI=1S/C16H16F4O3/c1-14(2,8-15(16(18,19)20)12(7-21)23-15)11-6-10(17)5-9-3-4-22-13(9)11/h5-7,12H,3-4,8H2,1-2H3/t12-,15-/m1/s1. The van der Waals surface area contributed by atoms with Crippen LogP contribution in [0.2, 0.25) is 0 Å². The van der Waals surface area contributed by atoms with Crippen LogP contribution in [0.15, 0.2) is 12.1 Å². The van der Waals surface area contributed by atoms with Crippen molar-refractivity contribution in [3.8, 4) is 5.75 Å². The molecule has 2 heterocycles. The highest BCUT2D eigenvalue weighted by molar-refractivity contribution is 5.64. The maximum absolute atomic E-state index is 13.8. The third-order valence-corrected chi connectivity index (χ3v) is 4.53. The average Bonchev–Trinajstić information content (AvgIpc) is 2.95. The normalized spacial score (nSPS) is 26.6. The van der Waals surface area contributed by atoms with Crippen LogP contribution in [0.1, 0.15) is 31.4 Å². The predicted octanol–water partition coefficient (Wildman–Crippen LogP) is 3.33. The summed E-state index contributed by atoms with van der Waals surface area (Å²) in [5, 5.41) is 0. The van der Waals surface area contributed by atoms with E-state index in [-0.39, 0.29) is 6.29 Å². The second kappa shape index (κ2) is 4.93. The quantitative estimate of drug-likeness (QED) is 0.482. The Kier molecular flexibility index (Phi) is 3.48. The molecular weight excluding hydrogens is 316 g/mol. The van der Waals surface area contributed by atoms with E-state index in [2.05, 4.69) is 0 Å². The topological polar surface area (TPSA) is 38.8 Å². The van der Waals surface area contributed by atoms with Crippen LogP contribution in [0.4, 0.5) is 17.6 Å². The van der Waals surface area contributed by atoms with Crippen LogP contribution in [-0.4, -0.2) is 30.8 Å². The average molecular weight is 332 g/mol. The number of halogens is 4. The maximum Gasteiger partial charge on any atom is 0.420 e. The first kappa shape index (κ1) is 16.2. The fraction of sp³-hybridized carbons (Fsp3) is 0.562. The van der Waals surface area contributed by atoms with Crippen molar-refractivity contribution in [3.63, 3.8) is 0 Å². The molecule has 0 saturated carbocycles. The molecule has 0 amide bonds. The molecule has 0 bridgehead atoms. The van der Waals surface area contributed by atoms with Crippen molar-refractivity contribution in [2.45, 2.75) is 50.0 Å². The summed E-state index contributed by atoms with van der Waals surface area (Å²) >= 11 is 0. The minimum Gasteiger partial charge on any atom is -0.493 e. The fourth-order valence-electron chi connectivity index (χ4n) is 3.32.